The average Bonchev–Trinajstić information content (AvgIpc) is 2.76. The first-order valence-electron chi connectivity index (χ1n) is 7.34. The van der Waals surface area contributed by atoms with Crippen LogP contribution >= 0.6 is 0 Å². The molecule has 0 saturated heterocycles. The van der Waals surface area contributed by atoms with E-state index in [2.05, 4.69) is 20.8 Å². The largest absolute Gasteiger partial charge is 0.480 e. The second kappa shape index (κ2) is 5.51. The highest BCUT2D eigenvalue weighted by Crippen LogP contribution is 2.35. The van der Waals surface area contributed by atoms with Crippen molar-refractivity contribution in [3.63, 3.8) is 0 Å². The number of rotatable bonds is 3. The lowest BCUT2D eigenvalue weighted by Gasteiger charge is -2.30. The molecule has 1 unspecified atom stereocenters. The summed E-state index contributed by atoms with van der Waals surface area (Å²) in [6.45, 7) is 8.32. The maximum atomic E-state index is 12.6. The molecule has 114 valence electrons. The summed E-state index contributed by atoms with van der Waals surface area (Å²) < 4.78 is 0. The first-order chi connectivity index (χ1) is 9.71. The molecule has 1 N–H and O–H groups in total. The molecule has 1 amide bonds. The number of fused-ring (bicyclic) bond motifs is 1. The highest BCUT2D eigenvalue weighted by atomic mass is 16.4. The molecular formula is C17H23NO3. The number of carbonyl (C=O) groups excluding carboxylic acids is 1. The third-order valence-corrected chi connectivity index (χ3v) is 4.49. The van der Waals surface area contributed by atoms with Crippen LogP contribution in [-0.4, -0.2) is 23.0 Å². The van der Waals surface area contributed by atoms with E-state index in [0.29, 0.717) is 12.8 Å². The second-order valence-electron chi connectivity index (χ2n) is 6.92. The van der Waals surface area contributed by atoms with Gasteiger partial charge in [-0.25, -0.2) is 4.79 Å². The van der Waals surface area contributed by atoms with E-state index in [0.717, 1.165) is 11.3 Å². The van der Waals surface area contributed by atoms with Crippen LogP contribution in [0.15, 0.2) is 24.3 Å². The van der Waals surface area contributed by atoms with E-state index in [9.17, 15) is 14.7 Å². The fraction of sp³-hybridized carbons (Fsp3) is 0.529. The van der Waals surface area contributed by atoms with Gasteiger partial charge in [0.25, 0.3) is 0 Å². The van der Waals surface area contributed by atoms with Crippen molar-refractivity contribution in [2.45, 2.75) is 46.6 Å². The van der Waals surface area contributed by atoms with Crippen LogP contribution in [0.4, 0.5) is 5.69 Å². The Hall–Kier alpha value is -1.84. The monoisotopic (exact) mass is 289 g/mol. The van der Waals surface area contributed by atoms with Crippen molar-refractivity contribution >= 4 is 17.6 Å². The van der Waals surface area contributed by atoms with Crippen LogP contribution < -0.4 is 4.90 Å². The number of benzene rings is 1. The zero-order chi connectivity index (χ0) is 15.8. The minimum Gasteiger partial charge on any atom is -0.480 e. The minimum atomic E-state index is -0.942. The van der Waals surface area contributed by atoms with E-state index >= 15 is 0 Å². The van der Waals surface area contributed by atoms with Crippen LogP contribution in [0.2, 0.25) is 0 Å². The van der Waals surface area contributed by atoms with Crippen LogP contribution in [0.25, 0.3) is 0 Å². The van der Waals surface area contributed by atoms with Crippen LogP contribution in [0.5, 0.6) is 0 Å². The Labute approximate surface area is 125 Å². The Morgan fingerprint density at radius 3 is 2.52 bits per heavy atom. The summed E-state index contributed by atoms with van der Waals surface area (Å²) in [7, 11) is 0. The maximum Gasteiger partial charge on any atom is 0.327 e. The quantitative estimate of drug-likeness (QED) is 0.930. The SMILES string of the molecule is CC(CC(=O)N1c2ccccc2C[C@H]1C(=O)O)C(C)(C)C. The Morgan fingerprint density at radius 1 is 1.33 bits per heavy atom. The summed E-state index contributed by atoms with van der Waals surface area (Å²) in [6.07, 6.45) is 0.753. The molecule has 1 aliphatic rings. The summed E-state index contributed by atoms with van der Waals surface area (Å²) in [5.74, 6) is -0.857. The summed E-state index contributed by atoms with van der Waals surface area (Å²) >= 11 is 0. The number of aliphatic carboxylic acids is 1. The van der Waals surface area contributed by atoms with Crippen LogP contribution in [0, 0.1) is 11.3 Å². The number of carboxylic acid groups (broad SMARTS) is 1. The van der Waals surface area contributed by atoms with E-state index in [-0.39, 0.29) is 17.2 Å². The number of carboxylic acids is 1. The molecule has 1 aromatic carbocycles. The lowest BCUT2D eigenvalue weighted by Crippen LogP contribution is -2.44. The molecule has 0 aromatic heterocycles. The Morgan fingerprint density at radius 2 is 1.95 bits per heavy atom. The van der Waals surface area contributed by atoms with E-state index in [1.165, 1.54) is 4.90 Å². The molecule has 1 aromatic rings. The summed E-state index contributed by atoms with van der Waals surface area (Å²) in [6, 6.07) is 6.67. The average molecular weight is 289 g/mol. The van der Waals surface area contributed by atoms with Gasteiger partial charge >= 0.3 is 5.97 Å². The van der Waals surface area contributed by atoms with E-state index in [4.69, 9.17) is 0 Å². The van der Waals surface area contributed by atoms with Gasteiger partial charge in [-0.15, -0.1) is 0 Å². The summed E-state index contributed by atoms with van der Waals surface area (Å²) in [5.41, 5.74) is 1.70. The van der Waals surface area contributed by atoms with Crippen molar-refractivity contribution in [1.29, 1.82) is 0 Å². The standard InChI is InChI=1S/C17H23NO3/c1-11(17(2,3)4)9-15(19)18-13-8-6-5-7-12(13)10-14(18)16(20)21/h5-8,11,14H,9-10H2,1-4H3,(H,20,21)/t11?,14-/m0/s1. The summed E-state index contributed by atoms with van der Waals surface area (Å²) in [5, 5.41) is 9.40. The second-order valence-corrected chi connectivity index (χ2v) is 6.92. The third-order valence-electron chi connectivity index (χ3n) is 4.49. The molecular weight excluding hydrogens is 266 g/mol. The van der Waals surface area contributed by atoms with Crippen molar-refractivity contribution in [3.8, 4) is 0 Å². The number of amides is 1. The number of carbonyl (C=O) groups is 2. The molecule has 0 fully saturated rings. The van der Waals surface area contributed by atoms with Crippen molar-refractivity contribution in [1.82, 2.24) is 0 Å². The molecule has 0 bridgehead atoms. The van der Waals surface area contributed by atoms with E-state index in [1.807, 2.05) is 31.2 Å². The molecule has 1 aliphatic heterocycles. The van der Waals surface area contributed by atoms with Crippen molar-refractivity contribution < 1.29 is 14.7 Å². The summed E-state index contributed by atoms with van der Waals surface area (Å²) in [4.78, 5) is 25.6. The molecule has 0 spiro atoms. The van der Waals surface area contributed by atoms with Gasteiger partial charge in [-0.2, -0.15) is 0 Å². The normalized spacial score (nSPS) is 19.2. The Bertz CT molecular complexity index is 559. The molecule has 2 rings (SSSR count). The Kier molecular flexibility index (Phi) is 4.08. The molecule has 0 aliphatic carbocycles. The number of nitrogens with zero attached hydrogens (tertiary/aromatic N) is 1. The van der Waals surface area contributed by atoms with Gasteiger partial charge in [-0.05, 0) is 23.0 Å². The van der Waals surface area contributed by atoms with Gasteiger partial charge in [0.1, 0.15) is 6.04 Å². The topological polar surface area (TPSA) is 57.6 Å². The number of hydrogen-bond acceptors (Lipinski definition) is 2. The smallest absolute Gasteiger partial charge is 0.327 e. The molecule has 1 heterocycles. The van der Waals surface area contributed by atoms with Gasteiger partial charge in [-0.1, -0.05) is 45.9 Å². The first kappa shape index (κ1) is 15.5. The molecule has 0 radical (unpaired) electrons. The zero-order valence-corrected chi connectivity index (χ0v) is 13.1. The number of hydrogen-bond donors (Lipinski definition) is 1. The predicted octanol–water partition coefficient (Wildman–Crippen LogP) is 3.10. The van der Waals surface area contributed by atoms with Crippen molar-refractivity contribution in [3.05, 3.63) is 29.8 Å². The van der Waals surface area contributed by atoms with Crippen LogP contribution in [-0.2, 0) is 16.0 Å². The molecule has 4 heteroatoms. The highest BCUT2D eigenvalue weighted by molar-refractivity contribution is 6.02. The Balaban J connectivity index is 2.27. The van der Waals surface area contributed by atoms with E-state index < -0.39 is 12.0 Å². The number of para-hydroxylation sites is 1. The van der Waals surface area contributed by atoms with Crippen molar-refractivity contribution in [2.24, 2.45) is 11.3 Å². The van der Waals surface area contributed by atoms with Gasteiger partial charge in [0.05, 0.1) is 0 Å². The van der Waals surface area contributed by atoms with Gasteiger partial charge in [0.15, 0.2) is 0 Å². The predicted molar refractivity (Wildman–Crippen MR) is 82.3 cm³/mol. The molecule has 0 saturated carbocycles. The fourth-order valence-electron chi connectivity index (χ4n) is 2.56. The lowest BCUT2D eigenvalue weighted by molar-refractivity contribution is -0.140. The fourth-order valence-corrected chi connectivity index (χ4v) is 2.56. The van der Waals surface area contributed by atoms with Crippen LogP contribution in [0.1, 0.15) is 39.7 Å². The van der Waals surface area contributed by atoms with Gasteiger partial charge in [0, 0.05) is 18.5 Å². The van der Waals surface area contributed by atoms with Crippen LogP contribution in [0.3, 0.4) is 0 Å². The minimum absolute atomic E-state index is 0.0215. The first-order valence-corrected chi connectivity index (χ1v) is 7.34. The highest BCUT2D eigenvalue weighted by Gasteiger charge is 2.39. The molecule has 21 heavy (non-hydrogen) atoms. The maximum absolute atomic E-state index is 12.6. The van der Waals surface area contributed by atoms with Gasteiger partial charge in [0.2, 0.25) is 5.91 Å². The molecule has 2 atom stereocenters. The van der Waals surface area contributed by atoms with E-state index in [1.54, 1.807) is 0 Å². The van der Waals surface area contributed by atoms with Gasteiger partial charge in [-0.3, -0.25) is 9.69 Å². The third kappa shape index (κ3) is 3.09. The van der Waals surface area contributed by atoms with Crippen molar-refractivity contribution in [2.75, 3.05) is 4.90 Å². The number of anilines is 1. The van der Waals surface area contributed by atoms with Gasteiger partial charge < -0.3 is 5.11 Å². The zero-order valence-electron chi connectivity index (χ0n) is 13.1. The lowest BCUT2D eigenvalue weighted by atomic mass is 9.80. The molecule has 4 nitrogen and oxygen atoms in total.